The molecule has 26 heavy (non-hydrogen) atoms. The summed E-state index contributed by atoms with van der Waals surface area (Å²) in [5.74, 6) is -0.737. The number of primary amides is 1. The predicted molar refractivity (Wildman–Crippen MR) is 109 cm³/mol. The van der Waals surface area contributed by atoms with Crippen molar-refractivity contribution >= 4 is 45.5 Å². The van der Waals surface area contributed by atoms with Crippen LogP contribution in [-0.4, -0.2) is 16.9 Å². The van der Waals surface area contributed by atoms with Crippen LogP contribution >= 0.6 is 23.6 Å². The summed E-state index contributed by atoms with van der Waals surface area (Å²) in [5.41, 5.74) is 8.60. The summed E-state index contributed by atoms with van der Waals surface area (Å²) in [7, 11) is 0. The van der Waals surface area contributed by atoms with Crippen molar-refractivity contribution in [3.8, 4) is 0 Å². The molecule has 1 aliphatic rings. The van der Waals surface area contributed by atoms with Gasteiger partial charge in [0.15, 0.2) is 5.11 Å². The van der Waals surface area contributed by atoms with E-state index >= 15 is 0 Å². The molecule has 1 aromatic carbocycles. The Balaban J connectivity index is 1.78. The maximum absolute atomic E-state index is 12.4. The largest absolute Gasteiger partial charge is 0.365 e. The Morgan fingerprint density at radius 2 is 1.88 bits per heavy atom. The molecule has 0 radical (unpaired) electrons. The third-order valence-electron chi connectivity index (χ3n) is 4.51. The van der Waals surface area contributed by atoms with Crippen molar-refractivity contribution in [3.63, 3.8) is 0 Å². The lowest BCUT2D eigenvalue weighted by molar-refractivity contribution is 0.0975. The van der Waals surface area contributed by atoms with Crippen LogP contribution in [0.2, 0.25) is 0 Å². The molecule has 0 bridgehead atoms. The van der Waals surface area contributed by atoms with Crippen LogP contribution in [0.15, 0.2) is 24.3 Å². The second-order valence-electron chi connectivity index (χ2n) is 6.36. The number of anilines is 1. The number of hydrogen-bond donors (Lipinski definition) is 3. The number of amides is 2. The van der Waals surface area contributed by atoms with Gasteiger partial charge in [-0.1, -0.05) is 24.6 Å². The second kappa shape index (κ2) is 7.97. The van der Waals surface area contributed by atoms with Gasteiger partial charge in [-0.15, -0.1) is 11.3 Å². The van der Waals surface area contributed by atoms with Crippen LogP contribution in [0, 0.1) is 6.92 Å². The Morgan fingerprint density at radius 3 is 2.62 bits per heavy atom. The van der Waals surface area contributed by atoms with E-state index in [4.69, 9.17) is 18.0 Å². The SMILES string of the molecule is Cc1ccccc1C(=O)NC(=S)Nc1sc2c(c1C(N)=O)CCCCC2. The van der Waals surface area contributed by atoms with Gasteiger partial charge in [0.25, 0.3) is 11.8 Å². The molecule has 2 amide bonds. The summed E-state index contributed by atoms with van der Waals surface area (Å²) >= 11 is 6.79. The fourth-order valence-corrected chi connectivity index (χ4v) is 4.78. The van der Waals surface area contributed by atoms with Gasteiger partial charge < -0.3 is 11.1 Å². The van der Waals surface area contributed by atoms with E-state index < -0.39 is 5.91 Å². The van der Waals surface area contributed by atoms with E-state index in [0.29, 0.717) is 16.1 Å². The molecule has 0 atom stereocenters. The van der Waals surface area contributed by atoms with Gasteiger partial charge in [0.05, 0.1) is 5.56 Å². The maximum atomic E-state index is 12.4. The Bertz CT molecular complexity index is 874. The highest BCUT2D eigenvalue weighted by molar-refractivity contribution is 7.80. The Hall–Kier alpha value is -2.25. The summed E-state index contributed by atoms with van der Waals surface area (Å²) in [4.78, 5) is 25.6. The molecule has 0 fully saturated rings. The number of carbonyl (C=O) groups excluding carboxylic acids is 2. The number of thiocarbonyl (C=S) groups is 1. The lowest BCUT2D eigenvalue weighted by Crippen LogP contribution is -2.34. The third-order valence-corrected chi connectivity index (χ3v) is 5.92. The molecule has 1 heterocycles. The van der Waals surface area contributed by atoms with E-state index in [1.807, 2.05) is 19.1 Å². The molecule has 1 aliphatic carbocycles. The van der Waals surface area contributed by atoms with Crippen molar-refractivity contribution in [2.24, 2.45) is 5.73 Å². The first-order valence-electron chi connectivity index (χ1n) is 8.59. The highest BCUT2D eigenvalue weighted by Crippen LogP contribution is 2.37. The molecule has 5 nitrogen and oxygen atoms in total. The zero-order chi connectivity index (χ0) is 18.7. The molecular formula is C19H21N3O2S2. The molecule has 0 unspecified atom stereocenters. The van der Waals surface area contributed by atoms with Crippen molar-refractivity contribution in [3.05, 3.63) is 51.4 Å². The molecule has 136 valence electrons. The molecule has 2 aromatic rings. The van der Waals surface area contributed by atoms with Crippen molar-refractivity contribution in [2.75, 3.05) is 5.32 Å². The van der Waals surface area contributed by atoms with Crippen molar-refractivity contribution < 1.29 is 9.59 Å². The van der Waals surface area contributed by atoms with Crippen molar-refractivity contribution in [1.29, 1.82) is 0 Å². The van der Waals surface area contributed by atoms with Crippen LogP contribution in [0.5, 0.6) is 0 Å². The van der Waals surface area contributed by atoms with Crippen LogP contribution in [0.1, 0.15) is 56.0 Å². The minimum absolute atomic E-state index is 0.164. The number of aryl methyl sites for hydroxylation is 2. The molecular weight excluding hydrogens is 366 g/mol. The van der Waals surface area contributed by atoms with Gasteiger partial charge in [0.1, 0.15) is 5.00 Å². The molecule has 4 N–H and O–H groups in total. The first kappa shape index (κ1) is 18.5. The summed E-state index contributed by atoms with van der Waals surface area (Å²) in [6, 6.07) is 7.29. The number of nitrogens with one attached hydrogen (secondary N) is 2. The summed E-state index contributed by atoms with van der Waals surface area (Å²) in [6.45, 7) is 1.87. The highest BCUT2D eigenvalue weighted by Gasteiger charge is 2.24. The molecule has 1 aromatic heterocycles. The van der Waals surface area contributed by atoms with Crippen LogP contribution in [0.4, 0.5) is 5.00 Å². The van der Waals surface area contributed by atoms with Gasteiger partial charge in [-0.2, -0.15) is 0 Å². The van der Waals surface area contributed by atoms with Crippen molar-refractivity contribution in [2.45, 2.75) is 39.0 Å². The van der Waals surface area contributed by atoms with Crippen LogP contribution in [0.25, 0.3) is 0 Å². The number of fused-ring (bicyclic) bond motifs is 1. The molecule has 0 saturated carbocycles. The van der Waals surface area contributed by atoms with Gasteiger partial charge >= 0.3 is 0 Å². The number of hydrogen-bond acceptors (Lipinski definition) is 4. The topological polar surface area (TPSA) is 84.2 Å². The molecule has 0 spiro atoms. The normalized spacial score (nSPS) is 13.4. The van der Waals surface area contributed by atoms with E-state index in [2.05, 4.69) is 10.6 Å². The number of rotatable bonds is 3. The molecule has 0 saturated heterocycles. The van der Waals surface area contributed by atoms with Gasteiger partial charge in [-0.3, -0.25) is 14.9 Å². The van der Waals surface area contributed by atoms with E-state index in [0.717, 1.165) is 43.2 Å². The zero-order valence-electron chi connectivity index (χ0n) is 14.6. The van der Waals surface area contributed by atoms with Gasteiger partial charge in [-0.05, 0) is 62.0 Å². The van der Waals surface area contributed by atoms with E-state index in [-0.39, 0.29) is 11.0 Å². The Labute approximate surface area is 162 Å². The van der Waals surface area contributed by atoms with Crippen LogP contribution in [0.3, 0.4) is 0 Å². The molecule has 0 aliphatic heterocycles. The zero-order valence-corrected chi connectivity index (χ0v) is 16.2. The minimum Gasteiger partial charge on any atom is -0.365 e. The van der Waals surface area contributed by atoms with E-state index in [1.165, 1.54) is 16.2 Å². The monoisotopic (exact) mass is 387 g/mol. The summed E-state index contributed by atoms with van der Waals surface area (Å²) < 4.78 is 0. The number of nitrogens with two attached hydrogens (primary N) is 1. The lowest BCUT2D eigenvalue weighted by Gasteiger charge is -2.11. The summed E-state index contributed by atoms with van der Waals surface area (Å²) in [6.07, 6.45) is 5.13. The Morgan fingerprint density at radius 1 is 1.15 bits per heavy atom. The summed E-state index contributed by atoms with van der Waals surface area (Å²) in [5, 5.41) is 6.48. The first-order chi connectivity index (χ1) is 12.5. The number of carbonyl (C=O) groups is 2. The highest BCUT2D eigenvalue weighted by atomic mass is 32.1. The fraction of sp³-hybridized carbons (Fsp3) is 0.316. The standard InChI is InChI=1S/C19H21N3O2S2/c1-11-7-5-6-8-12(11)17(24)21-19(25)22-18-15(16(20)23)13-9-3-2-4-10-14(13)26-18/h5-8H,2-4,9-10H2,1H3,(H2,20,23)(H2,21,22,24,25). The second-order valence-corrected chi connectivity index (χ2v) is 7.87. The van der Waals surface area contributed by atoms with Gasteiger partial charge in [0.2, 0.25) is 0 Å². The average molecular weight is 388 g/mol. The smallest absolute Gasteiger partial charge is 0.257 e. The predicted octanol–water partition coefficient (Wildman–Crippen LogP) is 3.55. The van der Waals surface area contributed by atoms with Gasteiger partial charge in [0, 0.05) is 10.4 Å². The van der Waals surface area contributed by atoms with Crippen molar-refractivity contribution in [1.82, 2.24) is 5.32 Å². The average Bonchev–Trinajstić information content (AvgIpc) is 2.76. The van der Waals surface area contributed by atoms with Gasteiger partial charge in [-0.25, -0.2) is 0 Å². The third kappa shape index (κ3) is 3.94. The van der Waals surface area contributed by atoms with E-state index in [1.54, 1.807) is 12.1 Å². The van der Waals surface area contributed by atoms with Crippen LogP contribution < -0.4 is 16.4 Å². The Kier molecular flexibility index (Phi) is 5.68. The van der Waals surface area contributed by atoms with E-state index in [9.17, 15) is 9.59 Å². The molecule has 3 rings (SSSR count). The number of benzene rings is 1. The quantitative estimate of drug-likeness (QED) is 0.555. The minimum atomic E-state index is -0.458. The first-order valence-corrected chi connectivity index (χ1v) is 9.82. The number of thiophene rings is 1. The molecule has 7 heteroatoms. The lowest BCUT2D eigenvalue weighted by atomic mass is 10.1. The maximum Gasteiger partial charge on any atom is 0.257 e. The van der Waals surface area contributed by atoms with Crippen LogP contribution in [-0.2, 0) is 12.8 Å². The fourth-order valence-electron chi connectivity index (χ4n) is 3.22.